The van der Waals surface area contributed by atoms with E-state index in [1.54, 1.807) is 12.3 Å². The summed E-state index contributed by atoms with van der Waals surface area (Å²) in [5.41, 5.74) is 0.198. The third-order valence-electron chi connectivity index (χ3n) is 4.69. The van der Waals surface area contributed by atoms with Gasteiger partial charge in [0.05, 0.1) is 28.7 Å². The number of anilines is 1. The van der Waals surface area contributed by atoms with E-state index >= 15 is 0 Å². The SMILES string of the molecule is O=S(=O)(Nc1ccc(-n2cccn2)c(F)c1)c1ccc(S(=O)(=O)N2CCOCC2)cc1. The molecule has 1 aromatic heterocycles. The van der Waals surface area contributed by atoms with Crippen LogP contribution in [0.2, 0.25) is 0 Å². The Hall–Kier alpha value is -2.80. The van der Waals surface area contributed by atoms with Crippen LogP contribution >= 0.6 is 0 Å². The second-order valence-corrected chi connectivity index (χ2v) is 10.3. The molecule has 0 atom stereocenters. The largest absolute Gasteiger partial charge is 0.379 e. The Balaban J connectivity index is 1.53. The van der Waals surface area contributed by atoms with Crippen LogP contribution in [0.4, 0.5) is 10.1 Å². The van der Waals surface area contributed by atoms with Gasteiger partial charge in [0, 0.05) is 31.5 Å². The highest BCUT2D eigenvalue weighted by Gasteiger charge is 2.27. The maximum atomic E-state index is 14.4. The quantitative estimate of drug-likeness (QED) is 0.594. The van der Waals surface area contributed by atoms with E-state index in [4.69, 9.17) is 4.74 Å². The molecule has 1 N–H and O–H groups in total. The van der Waals surface area contributed by atoms with E-state index in [9.17, 15) is 21.2 Å². The van der Waals surface area contributed by atoms with Gasteiger partial charge in [-0.2, -0.15) is 9.40 Å². The summed E-state index contributed by atoms with van der Waals surface area (Å²) in [7, 11) is -7.79. The Morgan fingerprint density at radius 2 is 1.65 bits per heavy atom. The Morgan fingerprint density at radius 1 is 0.968 bits per heavy atom. The molecule has 0 aliphatic carbocycles. The van der Waals surface area contributed by atoms with Crippen molar-refractivity contribution in [2.24, 2.45) is 0 Å². The molecular formula is C19H19FN4O5S2. The van der Waals surface area contributed by atoms with Gasteiger partial charge in [-0.1, -0.05) is 0 Å². The van der Waals surface area contributed by atoms with Gasteiger partial charge in [-0.15, -0.1) is 0 Å². The molecular weight excluding hydrogens is 447 g/mol. The summed E-state index contributed by atoms with van der Waals surface area (Å²) in [5.74, 6) is -0.657. The number of nitrogens with one attached hydrogen (secondary N) is 1. The molecule has 31 heavy (non-hydrogen) atoms. The van der Waals surface area contributed by atoms with Crippen LogP contribution in [0.5, 0.6) is 0 Å². The molecule has 0 bridgehead atoms. The van der Waals surface area contributed by atoms with E-state index in [1.165, 1.54) is 51.6 Å². The highest BCUT2D eigenvalue weighted by Crippen LogP contribution is 2.23. The number of hydrogen-bond acceptors (Lipinski definition) is 6. The monoisotopic (exact) mass is 466 g/mol. The molecule has 0 radical (unpaired) electrons. The molecule has 0 amide bonds. The van der Waals surface area contributed by atoms with Gasteiger partial charge in [0.2, 0.25) is 10.0 Å². The van der Waals surface area contributed by atoms with Gasteiger partial charge < -0.3 is 4.74 Å². The van der Waals surface area contributed by atoms with Crippen LogP contribution in [0, 0.1) is 5.82 Å². The van der Waals surface area contributed by atoms with E-state index in [0.29, 0.717) is 13.2 Å². The molecule has 2 heterocycles. The molecule has 12 heteroatoms. The molecule has 1 fully saturated rings. The fourth-order valence-electron chi connectivity index (χ4n) is 3.11. The first kappa shape index (κ1) is 21.4. The van der Waals surface area contributed by atoms with Gasteiger partial charge in [-0.3, -0.25) is 4.72 Å². The van der Waals surface area contributed by atoms with Crippen molar-refractivity contribution in [2.75, 3.05) is 31.0 Å². The first-order valence-electron chi connectivity index (χ1n) is 9.28. The summed E-state index contributed by atoms with van der Waals surface area (Å²) in [6.45, 7) is 1.10. The summed E-state index contributed by atoms with van der Waals surface area (Å²) in [4.78, 5) is -0.159. The number of ether oxygens (including phenoxy) is 1. The van der Waals surface area contributed by atoms with Crippen molar-refractivity contribution in [1.82, 2.24) is 14.1 Å². The zero-order valence-corrected chi connectivity index (χ0v) is 17.8. The second kappa shape index (κ2) is 8.38. The second-order valence-electron chi connectivity index (χ2n) is 6.71. The third kappa shape index (κ3) is 4.46. The smallest absolute Gasteiger partial charge is 0.261 e. The number of hydrogen-bond donors (Lipinski definition) is 1. The van der Waals surface area contributed by atoms with Crippen LogP contribution in [-0.2, 0) is 24.8 Å². The van der Waals surface area contributed by atoms with E-state index in [0.717, 1.165) is 6.07 Å². The molecule has 1 aliphatic rings. The Morgan fingerprint density at radius 3 is 2.26 bits per heavy atom. The average Bonchev–Trinajstić information content (AvgIpc) is 3.29. The van der Waals surface area contributed by atoms with Gasteiger partial charge in [0.25, 0.3) is 10.0 Å². The van der Waals surface area contributed by atoms with Crippen LogP contribution in [0.15, 0.2) is 70.7 Å². The van der Waals surface area contributed by atoms with Crippen molar-refractivity contribution >= 4 is 25.7 Å². The van der Waals surface area contributed by atoms with E-state index in [2.05, 4.69) is 9.82 Å². The van der Waals surface area contributed by atoms with Crippen LogP contribution in [-0.4, -0.2) is 57.2 Å². The highest BCUT2D eigenvalue weighted by molar-refractivity contribution is 7.92. The highest BCUT2D eigenvalue weighted by atomic mass is 32.2. The van der Waals surface area contributed by atoms with Crippen molar-refractivity contribution in [2.45, 2.75) is 9.79 Å². The number of nitrogens with zero attached hydrogens (tertiary/aromatic N) is 3. The van der Waals surface area contributed by atoms with E-state index in [-0.39, 0.29) is 34.3 Å². The van der Waals surface area contributed by atoms with Gasteiger partial charge in [-0.25, -0.2) is 25.9 Å². The maximum Gasteiger partial charge on any atom is 0.261 e. The lowest BCUT2D eigenvalue weighted by Gasteiger charge is -2.26. The van der Waals surface area contributed by atoms with Crippen LogP contribution in [0.3, 0.4) is 0 Å². The van der Waals surface area contributed by atoms with Gasteiger partial charge in [-0.05, 0) is 42.5 Å². The lowest BCUT2D eigenvalue weighted by Crippen LogP contribution is -2.40. The molecule has 9 nitrogen and oxygen atoms in total. The van der Waals surface area contributed by atoms with Crippen molar-refractivity contribution in [3.63, 3.8) is 0 Å². The Labute approximate surface area is 179 Å². The minimum atomic E-state index is -4.05. The lowest BCUT2D eigenvalue weighted by atomic mass is 10.3. The topological polar surface area (TPSA) is 111 Å². The maximum absolute atomic E-state index is 14.4. The number of aromatic nitrogens is 2. The third-order valence-corrected chi connectivity index (χ3v) is 8.00. The summed E-state index contributed by atoms with van der Waals surface area (Å²) in [6.07, 6.45) is 3.06. The predicted molar refractivity (Wildman–Crippen MR) is 110 cm³/mol. The summed E-state index contributed by atoms with van der Waals surface area (Å²) < 4.78 is 75.1. The predicted octanol–water partition coefficient (Wildman–Crippen LogP) is 1.83. The minimum absolute atomic E-state index is 0.0111. The molecule has 2 aromatic carbocycles. The first-order valence-corrected chi connectivity index (χ1v) is 12.2. The Bertz CT molecular complexity index is 1270. The molecule has 1 saturated heterocycles. The van der Waals surface area contributed by atoms with E-state index in [1.807, 2.05) is 0 Å². The zero-order chi connectivity index (χ0) is 22.1. The van der Waals surface area contributed by atoms with Crippen molar-refractivity contribution in [3.8, 4) is 5.69 Å². The summed E-state index contributed by atoms with van der Waals surface area (Å²) in [5, 5.41) is 3.94. The zero-order valence-electron chi connectivity index (χ0n) is 16.2. The first-order chi connectivity index (χ1) is 14.8. The molecule has 3 aromatic rings. The van der Waals surface area contributed by atoms with Crippen molar-refractivity contribution < 1.29 is 26.0 Å². The molecule has 4 rings (SSSR count). The average molecular weight is 467 g/mol. The lowest BCUT2D eigenvalue weighted by molar-refractivity contribution is 0.0730. The molecule has 1 aliphatic heterocycles. The van der Waals surface area contributed by atoms with Crippen molar-refractivity contribution in [3.05, 3.63) is 66.7 Å². The molecule has 0 unspecified atom stereocenters. The summed E-state index contributed by atoms with van der Waals surface area (Å²) in [6, 6.07) is 10.4. The molecule has 0 spiro atoms. The van der Waals surface area contributed by atoms with Gasteiger partial charge in [0.1, 0.15) is 5.69 Å². The fraction of sp³-hybridized carbons (Fsp3) is 0.211. The number of sulfonamides is 2. The van der Waals surface area contributed by atoms with Crippen LogP contribution in [0.25, 0.3) is 5.69 Å². The standard InChI is InChI=1S/C19H19FN4O5S2/c20-18-14-15(2-7-19(18)24-9-1-8-21-24)22-30(25,26)16-3-5-17(6-4-16)31(27,28)23-10-12-29-13-11-23/h1-9,14,22H,10-13H2. The normalized spacial score (nSPS) is 15.6. The van der Waals surface area contributed by atoms with Crippen LogP contribution < -0.4 is 4.72 Å². The molecule has 0 saturated carbocycles. The number of rotatable bonds is 6. The minimum Gasteiger partial charge on any atom is -0.379 e. The van der Waals surface area contributed by atoms with Crippen LogP contribution in [0.1, 0.15) is 0 Å². The van der Waals surface area contributed by atoms with Crippen molar-refractivity contribution in [1.29, 1.82) is 0 Å². The number of benzene rings is 2. The number of halogens is 1. The summed E-state index contributed by atoms with van der Waals surface area (Å²) >= 11 is 0. The molecule has 164 valence electrons. The number of morpholine rings is 1. The fourth-order valence-corrected chi connectivity index (χ4v) is 5.57. The van der Waals surface area contributed by atoms with Gasteiger partial charge >= 0.3 is 0 Å². The Kier molecular flexibility index (Phi) is 5.79. The van der Waals surface area contributed by atoms with E-state index < -0.39 is 25.9 Å². The van der Waals surface area contributed by atoms with Gasteiger partial charge in [0.15, 0.2) is 5.82 Å².